The molecule has 0 unspecified atom stereocenters. The number of esters is 1. The van der Waals surface area contributed by atoms with Gasteiger partial charge in [0.2, 0.25) is 0 Å². The normalized spacial score (nSPS) is 10.4. The topological polar surface area (TPSA) is 46.5 Å². The summed E-state index contributed by atoms with van der Waals surface area (Å²) in [6.45, 7) is 0.432. The highest BCUT2D eigenvalue weighted by molar-refractivity contribution is 14.1. The lowest BCUT2D eigenvalue weighted by molar-refractivity contribution is 0.0504. The second-order valence-electron chi connectivity index (χ2n) is 3.43. The maximum absolute atomic E-state index is 11.7. The molecule has 1 rings (SSSR count). The van der Waals surface area contributed by atoms with Gasteiger partial charge in [0, 0.05) is 13.8 Å². The summed E-state index contributed by atoms with van der Waals surface area (Å²) >= 11 is 2.06. The number of benzene rings is 1. The zero-order valence-corrected chi connectivity index (χ0v) is 13.4. The van der Waals surface area contributed by atoms with Gasteiger partial charge >= 0.3 is 5.97 Å². The van der Waals surface area contributed by atoms with Crippen molar-refractivity contribution in [1.82, 2.24) is 0 Å². The molecule has 0 radical (unpaired) electrons. The Morgan fingerprint density at radius 3 is 2.88 bits per heavy atom. The molecule has 0 heterocycles. The van der Waals surface area contributed by atoms with Crippen molar-refractivity contribution in [2.75, 3.05) is 6.61 Å². The van der Waals surface area contributed by atoms with Crippen LogP contribution in [0.25, 0.3) is 0 Å². The first kappa shape index (κ1) is 13.7. The zero-order valence-electron chi connectivity index (χ0n) is 9.20. The predicted molar refractivity (Wildman–Crippen MR) is 74.7 cm³/mol. The van der Waals surface area contributed by atoms with Crippen LogP contribution < -0.4 is 0 Å². The van der Waals surface area contributed by atoms with Gasteiger partial charge < -0.3 is 9.84 Å². The van der Waals surface area contributed by atoms with Gasteiger partial charge in [0.05, 0.1) is 18.8 Å². The van der Waals surface area contributed by atoms with E-state index in [9.17, 15) is 4.79 Å². The molecule has 1 aromatic rings. The number of hydrogen-bond donors (Lipinski definition) is 1. The van der Waals surface area contributed by atoms with Crippen LogP contribution in [0.2, 0.25) is 6.04 Å². The fourth-order valence-electron chi connectivity index (χ4n) is 1.25. The average molecular weight is 350 g/mol. The first-order valence-corrected chi connectivity index (χ1v) is 7.75. The Bertz CT molecular complexity index is 368. The number of halogens is 1. The minimum atomic E-state index is -0.296. The standard InChI is InChI=1S/C11H15IO3Si/c12-10-8(7-13)3-1-4-9(10)11(14)15-5-2-6-16/h1,3-4,13H,2,5-7H2,16H3. The Hall–Kier alpha value is -0.403. The molecule has 0 aliphatic rings. The lowest BCUT2D eigenvalue weighted by Crippen LogP contribution is -2.09. The van der Waals surface area contributed by atoms with E-state index in [1.807, 2.05) is 0 Å². The van der Waals surface area contributed by atoms with E-state index >= 15 is 0 Å². The third-order valence-corrected chi connectivity index (χ3v) is 4.18. The van der Waals surface area contributed by atoms with Gasteiger partial charge in [-0.2, -0.15) is 0 Å². The van der Waals surface area contributed by atoms with Crippen LogP contribution in [0, 0.1) is 3.57 Å². The quantitative estimate of drug-likeness (QED) is 0.375. The van der Waals surface area contributed by atoms with E-state index in [-0.39, 0.29) is 12.6 Å². The van der Waals surface area contributed by atoms with Crippen LogP contribution >= 0.6 is 22.6 Å². The van der Waals surface area contributed by atoms with Crippen molar-refractivity contribution in [1.29, 1.82) is 0 Å². The highest BCUT2D eigenvalue weighted by atomic mass is 127. The SMILES string of the molecule is O=C(OCCC[SiH3])c1cccc(CO)c1I. The van der Waals surface area contributed by atoms with E-state index in [1.165, 1.54) is 0 Å². The molecule has 1 N–H and O–H groups in total. The van der Waals surface area contributed by atoms with E-state index in [1.54, 1.807) is 18.2 Å². The summed E-state index contributed by atoms with van der Waals surface area (Å²) in [6, 6.07) is 6.43. The monoisotopic (exact) mass is 350 g/mol. The van der Waals surface area contributed by atoms with Gasteiger partial charge in [-0.15, -0.1) is 0 Å². The van der Waals surface area contributed by atoms with Crippen LogP contribution in [0.15, 0.2) is 18.2 Å². The van der Waals surface area contributed by atoms with Crippen LogP contribution in [0.4, 0.5) is 0 Å². The number of ether oxygens (including phenoxy) is 1. The van der Waals surface area contributed by atoms with E-state index in [0.29, 0.717) is 12.2 Å². The summed E-state index contributed by atoms with van der Waals surface area (Å²) in [5.41, 5.74) is 1.30. The maximum atomic E-state index is 11.7. The third kappa shape index (κ3) is 3.57. The Morgan fingerprint density at radius 2 is 2.25 bits per heavy atom. The van der Waals surface area contributed by atoms with Gasteiger partial charge in [0.25, 0.3) is 0 Å². The molecule has 1 aromatic carbocycles. The summed E-state index contributed by atoms with van der Waals surface area (Å²) in [7, 11) is 1.14. The van der Waals surface area contributed by atoms with Crippen molar-refractivity contribution in [3.05, 3.63) is 32.9 Å². The molecular formula is C11H15IO3Si. The van der Waals surface area contributed by atoms with Crippen LogP contribution in [0.5, 0.6) is 0 Å². The Kier molecular flexibility index (Phi) is 6.00. The van der Waals surface area contributed by atoms with Crippen molar-refractivity contribution in [2.24, 2.45) is 0 Å². The summed E-state index contributed by atoms with van der Waals surface area (Å²) in [5, 5.41) is 9.09. The first-order valence-electron chi connectivity index (χ1n) is 5.26. The van der Waals surface area contributed by atoms with Crippen molar-refractivity contribution in [3.8, 4) is 0 Å². The number of aliphatic hydroxyl groups is 1. The van der Waals surface area contributed by atoms with Crippen molar-refractivity contribution in [3.63, 3.8) is 0 Å². The number of carbonyl (C=O) groups excluding carboxylic acids is 1. The summed E-state index contributed by atoms with van der Waals surface area (Å²) in [4.78, 5) is 11.7. The minimum absolute atomic E-state index is 0.0556. The smallest absolute Gasteiger partial charge is 0.339 e. The molecule has 0 saturated heterocycles. The van der Waals surface area contributed by atoms with E-state index < -0.39 is 0 Å². The Labute approximate surface area is 112 Å². The van der Waals surface area contributed by atoms with E-state index in [4.69, 9.17) is 9.84 Å². The maximum Gasteiger partial charge on any atom is 0.339 e. The lowest BCUT2D eigenvalue weighted by atomic mass is 10.1. The Balaban J connectivity index is 2.75. The van der Waals surface area contributed by atoms with Crippen LogP contribution in [0.3, 0.4) is 0 Å². The van der Waals surface area contributed by atoms with Crippen LogP contribution in [-0.2, 0) is 11.3 Å². The summed E-state index contributed by atoms with van der Waals surface area (Å²) in [6.07, 6.45) is 0.939. The molecule has 0 saturated carbocycles. The van der Waals surface area contributed by atoms with Crippen LogP contribution in [-0.4, -0.2) is 27.9 Å². The van der Waals surface area contributed by atoms with Gasteiger partial charge in [-0.05, 0) is 40.6 Å². The summed E-state index contributed by atoms with van der Waals surface area (Å²) in [5.74, 6) is -0.296. The molecule has 0 aromatic heterocycles. The summed E-state index contributed by atoms with van der Waals surface area (Å²) < 4.78 is 5.92. The van der Waals surface area contributed by atoms with E-state index in [2.05, 4.69) is 22.6 Å². The molecule has 3 nitrogen and oxygen atoms in total. The molecule has 0 aliphatic heterocycles. The molecule has 0 spiro atoms. The number of aliphatic hydroxyl groups excluding tert-OH is 1. The molecule has 0 aliphatic carbocycles. The molecule has 16 heavy (non-hydrogen) atoms. The molecule has 0 bridgehead atoms. The fraction of sp³-hybridized carbons (Fsp3) is 0.364. The molecule has 0 atom stereocenters. The van der Waals surface area contributed by atoms with Crippen molar-refractivity contribution < 1.29 is 14.6 Å². The van der Waals surface area contributed by atoms with Crippen molar-refractivity contribution >= 4 is 38.8 Å². The number of carbonyl (C=O) groups is 1. The number of hydrogen-bond acceptors (Lipinski definition) is 3. The number of rotatable bonds is 5. The second kappa shape index (κ2) is 7.03. The van der Waals surface area contributed by atoms with Gasteiger partial charge in [-0.25, -0.2) is 4.79 Å². The predicted octanol–water partition coefficient (Wildman–Crippen LogP) is 1.11. The first-order chi connectivity index (χ1) is 7.70. The molecular weight excluding hydrogens is 335 g/mol. The molecule has 5 heteroatoms. The zero-order chi connectivity index (χ0) is 12.0. The van der Waals surface area contributed by atoms with Crippen molar-refractivity contribution in [2.45, 2.75) is 19.1 Å². The van der Waals surface area contributed by atoms with Gasteiger partial charge in [0.15, 0.2) is 0 Å². The van der Waals surface area contributed by atoms with Crippen LogP contribution in [0.1, 0.15) is 22.3 Å². The van der Waals surface area contributed by atoms with Gasteiger partial charge in [-0.3, -0.25) is 0 Å². The lowest BCUT2D eigenvalue weighted by Gasteiger charge is -2.08. The fourth-order valence-corrected chi connectivity index (χ4v) is 2.29. The molecule has 88 valence electrons. The largest absolute Gasteiger partial charge is 0.462 e. The van der Waals surface area contributed by atoms with Gasteiger partial charge in [0.1, 0.15) is 0 Å². The molecule has 0 amide bonds. The molecule has 0 fully saturated rings. The van der Waals surface area contributed by atoms with Gasteiger partial charge in [-0.1, -0.05) is 18.2 Å². The minimum Gasteiger partial charge on any atom is -0.462 e. The highest BCUT2D eigenvalue weighted by Crippen LogP contribution is 2.18. The third-order valence-electron chi connectivity index (χ3n) is 2.20. The Morgan fingerprint density at radius 1 is 1.50 bits per heavy atom. The average Bonchev–Trinajstić information content (AvgIpc) is 2.29. The highest BCUT2D eigenvalue weighted by Gasteiger charge is 2.13. The van der Waals surface area contributed by atoms with E-state index in [0.717, 1.165) is 31.8 Å². The second-order valence-corrected chi connectivity index (χ2v) is 5.51.